The van der Waals surface area contributed by atoms with E-state index >= 15 is 0 Å². The van der Waals surface area contributed by atoms with Crippen LogP contribution in [0.15, 0.2) is 5.16 Å². The van der Waals surface area contributed by atoms with Crippen LogP contribution in [0.25, 0.3) is 0 Å². The molecule has 1 aliphatic rings. The third-order valence-corrected chi connectivity index (χ3v) is 3.82. The summed E-state index contributed by atoms with van der Waals surface area (Å²) in [4.78, 5) is 5.89. The Hall–Kier alpha value is -0.530. The van der Waals surface area contributed by atoms with Gasteiger partial charge in [-0.2, -0.15) is 0 Å². The van der Waals surface area contributed by atoms with Gasteiger partial charge in [0.05, 0.1) is 5.71 Å². The second-order valence-electron chi connectivity index (χ2n) is 7.35. The molecule has 16 heavy (non-hydrogen) atoms. The Kier molecular flexibility index (Phi) is 3.17. The van der Waals surface area contributed by atoms with Crippen LogP contribution in [0.1, 0.15) is 61.8 Å². The van der Waals surface area contributed by atoms with E-state index in [1.807, 2.05) is 0 Å². The summed E-state index contributed by atoms with van der Waals surface area (Å²) < 4.78 is 0. The molecule has 1 rings (SSSR count). The molecule has 2 heteroatoms. The van der Waals surface area contributed by atoms with Crippen LogP contribution in [0.5, 0.6) is 0 Å². The second kappa shape index (κ2) is 3.75. The van der Waals surface area contributed by atoms with Gasteiger partial charge in [0.25, 0.3) is 0 Å². The molecular weight excluding hydrogens is 198 g/mol. The van der Waals surface area contributed by atoms with Crippen molar-refractivity contribution in [3.63, 3.8) is 0 Å². The van der Waals surface area contributed by atoms with Crippen LogP contribution in [0, 0.1) is 16.7 Å². The van der Waals surface area contributed by atoms with E-state index in [0.29, 0.717) is 5.92 Å². The molecule has 0 spiro atoms. The molecule has 1 unspecified atom stereocenters. The van der Waals surface area contributed by atoms with E-state index in [9.17, 15) is 0 Å². The van der Waals surface area contributed by atoms with E-state index in [1.54, 1.807) is 0 Å². The molecule has 2 nitrogen and oxygen atoms in total. The standard InChI is InChI=1S/C14H27NO/c1-10(2)14(13(6,7)8)9-11(15-16-14)12(3,4)5/h10H,9H2,1-8H3. The van der Waals surface area contributed by atoms with Crippen LogP contribution in [-0.2, 0) is 4.84 Å². The van der Waals surface area contributed by atoms with E-state index in [4.69, 9.17) is 4.84 Å². The summed E-state index contributed by atoms with van der Waals surface area (Å²) in [7, 11) is 0. The zero-order valence-electron chi connectivity index (χ0n) is 12.1. The molecule has 0 aromatic heterocycles. The molecule has 0 N–H and O–H groups in total. The molecule has 0 amide bonds. The fourth-order valence-corrected chi connectivity index (χ4v) is 2.43. The first kappa shape index (κ1) is 13.5. The number of hydrogen-bond acceptors (Lipinski definition) is 2. The quantitative estimate of drug-likeness (QED) is 0.653. The highest BCUT2D eigenvalue weighted by atomic mass is 16.7. The topological polar surface area (TPSA) is 21.6 Å². The van der Waals surface area contributed by atoms with Gasteiger partial charge in [-0.05, 0) is 5.92 Å². The van der Waals surface area contributed by atoms with E-state index in [0.717, 1.165) is 6.42 Å². The number of nitrogens with zero attached hydrogens (tertiary/aromatic N) is 1. The van der Waals surface area contributed by atoms with Crippen molar-refractivity contribution >= 4 is 5.71 Å². The van der Waals surface area contributed by atoms with Gasteiger partial charge in [-0.25, -0.2) is 0 Å². The lowest BCUT2D eigenvalue weighted by Crippen LogP contribution is -2.48. The molecule has 0 aromatic rings. The number of rotatable bonds is 1. The average Bonchev–Trinajstić information content (AvgIpc) is 2.45. The summed E-state index contributed by atoms with van der Waals surface area (Å²) in [5.74, 6) is 0.469. The zero-order chi connectivity index (χ0) is 12.8. The third kappa shape index (κ3) is 2.11. The maximum atomic E-state index is 5.89. The highest BCUT2D eigenvalue weighted by molar-refractivity contribution is 5.90. The van der Waals surface area contributed by atoms with Crippen molar-refractivity contribution in [3.05, 3.63) is 0 Å². The van der Waals surface area contributed by atoms with Crippen LogP contribution in [-0.4, -0.2) is 11.3 Å². The lowest BCUT2D eigenvalue weighted by atomic mass is 9.66. The molecule has 0 aliphatic carbocycles. The molecule has 0 saturated heterocycles. The van der Waals surface area contributed by atoms with Crippen LogP contribution < -0.4 is 0 Å². The van der Waals surface area contributed by atoms with Crippen LogP contribution in [0.3, 0.4) is 0 Å². The van der Waals surface area contributed by atoms with E-state index in [2.05, 4.69) is 60.5 Å². The van der Waals surface area contributed by atoms with Gasteiger partial charge in [-0.1, -0.05) is 60.5 Å². The minimum atomic E-state index is -0.143. The molecule has 0 fully saturated rings. The van der Waals surface area contributed by atoms with E-state index < -0.39 is 0 Å². The van der Waals surface area contributed by atoms with Crippen molar-refractivity contribution in [2.75, 3.05) is 0 Å². The van der Waals surface area contributed by atoms with E-state index in [1.165, 1.54) is 5.71 Å². The van der Waals surface area contributed by atoms with Gasteiger partial charge in [-0.3, -0.25) is 0 Å². The summed E-state index contributed by atoms with van der Waals surface area (Å²) in [6.45, 7) is 17.8. The highest BCUT2D eigenvalue weighted by Crippen LogP contribution is 2.47. The Morgan fingerprint density at radius 1 is 1.12 bits per heavy atom. The van der Waals surface area contributed by atoms with Crippen molar-refractivity contribution in [2.24, 2.45) is 21.9 Å². The molecular formula is C14H27NO. The minimum Gasteiger partial charge on any atom is -0.388 e. The van der Waals surface area contributed by atoms with Crippen LogP contribution in [0.4, 0.5) is 0 Å². The zero-order valence-corrected chi connectivity index (χ0v) is 12.1. The summed E-state index contributed by atoms with van der Waals surface area (Å²) in [5, 5.41) is 4.36. The van der Waals surface area contributed by atoms with Gasteiger partial charge >= 0.3 is 0 Å². The van der Waals surface area contributed by atoms with Gasteiger partial charge in [0.1, 0.15) is 5.60 Å². The summed E-state index contributed by atoms with van der Waals surface area (Å²) in [5.41, 5.74) is 1.27. The van der Waals surface area contributed by atoms with Crippen molar-refractivity contribution in [2.45, 2.75) is 67.4 Å². The fraction of sp³-hybridized carbons (Fsp3) is 0.929. The first-order chi connectivity index (χ1) is 7.01. The highest BCUT2D eigenvalue weighted by Gasteiger charge is 2.52. The largest absolute Gasteiger partial charge is 0.388 e. The Balaban J connectivity index is 3.00. The summed E-state index contributed by atoms with van der Waals surface area (Å²) >= 11 is 0. The molecule has 0 aromatic carbocycles. The van der Waals surface area contributed by atoms with Gasteiger partial charge in [0.2, 0.25) is 0 Å². The number of hydrogen-bond donors (Lipinski definition) is 0. The lowest BCUT2D eigenvalue weighted by molar-refractivity contribution is -0.126. The maximum absolute atomic E-state index is 5.89. The molecule has 94 valence electrons. The van der Waals surface area contributed by atoms with Gasteiger partial charge in [0, 0.05) is 17.3 Å². The first-order valence-corrected chi connectivity index (χ1v) is 6.26. The smallest absolute Gasteiger partial charge is 0.150 e. The normalized spacial score (nSPS) is 26.9. The SMILES string of the molecule is CC(C)C1(C(C)(C)C)CC(C(C)(C)C)=NO1. The number of oxime groups is 1. The summed E-state index contributed by atoms with van der Waals surface area (Å²) in [6.07, 6.45) is 0.956. The molecule has 0 saturated carbocycles. The van der Waals surface area contributed by atoms with Crippen molar-refractivity contribution in [3.8, 4) is 0 Å². The van der Waals surface area contributed by atoms with Crippen molar-refractivity contribution in [1.29, 1.82) is 0 Å². The third-order valence-electron chi connectivity index (χ3n) is 3.82. The van der Waals surface area contributed by atoms with Gasteiger partial charge in [0.15, 0.2) is 0 Å². The van der Waals surface area contributed by atoms with Crippen LogP contribution in [0.2, 0.25) is 0 Å². The fourth-order valence-electron chi connectivity index (χ4n) is 2.43. The lowest BCUT2D eigenvalue weighted by Gasteiger charge is -2.42. The molecule has 0 bridgehead atoms. The Labute approximate surface area is 100 Å². The predicted octanol–water partition coefficient (Wildman–Crippen LogP) is 4.25. The molecule has 1 aliphatic heterocycles. The van der Waals surface area contributed by atoms with Crippen LogP contribution >= 0.6 is 0 Å². The Morgan fingerprint density at radius 3 is 1.81 bits per heavy atom. The van der Waals surface area contributed by atoms with Crippen molar-refractivity contribution < 1.29 is 4.84 Å². The predicted molar refractivity (Wildman–Crippen MR) is 69.6 cm³/mol. The molecule has 0 radical (unpaired) electrons. The summed E-state index contributed by atoms with van der Waals surface area (Å²) in [6, 6.07) is 0. The first-order valence-electron chi connectivity index (χ1n) is 6.26. The van der Waals surface area contributed by atoms with E-state index in [-0.39, 0.29) is 16.4 Å². The second-order valence-corrected chi connectivity index (χ2v) is 7.35. The Morgan fingerprint density at radius 2 is 1.62 bits per heavy atom. The monoisotopic (exact) mass is 225 g/mol. The average molecular weight is 225 g/mol. The molecule has 1 atom stereocenters. The maximum Gasteiger partial charge on any atom is 0.150 e. The van der Waals surface area contributed by atoms with Crippen molar-refractivity contribution in [1.82, 2.24) is 0 Å². The van der Waals surface area contributed by atoms with Gasteiger partial charge < -0.3 is 4.84 Å². The Bertz CT molecular complexity index is 291. The van der Waals surface area contributed by atoms with Gasteiger partial charge in [-0.15, -0.1) is 0 Å². The molecule has 1 heterocycles. The minimum absolute atomic E-state index is 0.109.